The molecule has 7 heteroatoms. The van der Waals surface area contributed by atoms with Crippen molar-refractivity contribution in [2.75, 3.05) is 18.2 Å². The highest BCUT2D eigenvalue weighted by atomic mass is 16.5. The number of nitrogens with zero attached hydrogens (tertiary/aromatic N) is 3. The third-order valence-corrected chi connectivity index (χ3v) is 2.09. The lowest BCUT2D eigenvalue weighted by atomic mass is 10.3. The average Bonchev–Trinajstić information content (AvgIpc) is 2.39. The molecule has 92 valence electrons. The zero-order chi connectivity index (χ0) is 13.0. The number of carbonyl (C=O) groups is 1. The summed E-state index contributed by atoms with van der Waals surface area (Å²) in [5, 5.41) is 2.62. The molecule has 2 aromatic rings. The van der Waals surface area contributed by atoms with Gasteiger partial charge in [-0.2, -0.15) is 0 Å². The Morgan fingerprint density at radius 1 is 1.33 bits per heavy atom. The van der Waals surface area contributed by atoms with E-state index in [1.807, 2.05) is 0 Å². The molecule has 0 atom stereocenters. The summed E-state index contributed by atoms with van der Waals surface area (Å²) in [5.41, 5.74) is 6.12. The maximum Gasteiger partial charge on any atom is 0.275 e. The number of methoxy groups -OCH3 is 1. The van der Waals surface area contributed by atoms with Crippen LogP contribution in [0, 0.1) is 0 Å². The molecule has 0 aromatic carbocycles. The van der Waals surface area contributed by atoms with Crippen molar-refractivity contribution < 1.29 is 9.53 Å². The fourth-order valence-corrected chi connectivity index (χ4v) is 1.26. The van der Waals surface area contributed by atoms with Crippen molar-refractivity contribution in [1.82, 2.24) is 15.0 Å². The van der Waals surface area contributed by atoms with E-state index in [9.17, 15) is 4.79 Å². The Morgan fingerprint density at radius 3 is 2.78 bits per heavy atom. The molecule has 0 radical (unpaired) electrons. The van der Waals surface area contributed by atoms with E-state index >= 15 is 0 Å². The summed E-state index contributed by atoms with van der Waals surface area (Å²) in [6.07, 6.45) is 4.19. The Morgan fingerprint density at radius 2 is 2.17 bits per heavy atom. The third kappa shape index (κ3) is 2.70. The van der Waals surface area contributed by atoms with Gasteiger partial charge in [-0.3, -0.25) is 9.78 Å². The third-order valence-electron chi connectivity index (χ3n) is 2.09. The first kappa shape index (κ1) is 11.8. The molecule has 0 unspecified atom stereocenters. The number of aromatic nitrogens is 3. The van der Waals surface area contributed by atoms with Crippen molar-refractivity contribution in [3.8, 4) is 5.88 Å². The summed E-state index contributed by atoms with van der Waals surface area (Å²) >= 11 is 0. The highest BCUT2D eigenvalue weighted by molar-refractivity contribution is 6.02. The smallest absolute Gasteiger partial charge is 0.275 e. The summed E-state index contributed by atoms with van der Waals surface area (Å²) < 4.78 is 4.91. The van der Waals surface area contributed by atoms with Crippen molar-refractivity contribution in [2.24, 2.45) is 0 Å². The molecule has 2 heterocycles. The lowest BCUT2D eigenvalue weighted by Gasteiger charge is -2.05. The van der Waals surface area contributed by atoms with Crippen LogP contribution < -0.4 is 15.8 Å². The second kappa shape index (κ2) is 5.09. The van der Waals surface area contributed by atoms with Gasteiger partial charge in [0, 0.05) is 6.07 Å². The van der Waals surface area contributed by atoms with Gasteiger partial charge in [0.2, 0.25) is 5.88 Å². The number of nitrogens with two attached hydrogens (primary N) is 1. The fraction of sp³-hybridized carbons (Fsp3) is 0.0909. The Kier molecular flexibility index (Phi) is 3.33. The molecule has 0 spiro atoms. The number of nitrogen functional groups attached to an aromatic ring is 1. The van der Waals surface area contributed by atoms with Gasteiger partial charge >= 0.3 is 0 Å². The highest BCUT2D eigenvalue weighted by Gasteiger charge is 2.08. The number of ether oxygens (including phenoxy) is 1. The van der Waals surface area contributed by atoms with Crippen molar-refractivity contribution in [2.45, 2.75) is 0 Å². The van der Waals surface area contributed by atoms with Crippen LogP contribution in [0.25, 0.3) is 0 Å². The van der Waals surface area contributed by atoms with E-state index in [0.717, 1.165) is 0 Å². The SMILES string of the molecule is COc1ccc(NC(=O)c2cncc(N)n2)cn1. The van der Waals surface area contributed by atoms with E-state index in [2.05, 4.69) is 20.3 Å². The number of nitrogens with one attached hydrogen (secondary N) is 1. The second-order valence-corrected chi connectivity index (χ2v) is 3.37. The molecule has 18 heavy (non-hydrogen) atoms. The van der Waals surface area contributed by atoms with Gasteiger partial charge in [-0.25, -0.2) is 9.97 Å². The van der Waals surface area contributed by atoms with Crippen LogP contribution in [-0.4, -0.2) is 28.0 Å². The van der Waals surface area contributed by atoms with E-state index in [4.69, 9.17) is 10.5 Å². The van der Waals surface area contributed by atoms with Gasteiger partial charge in [0.15, 0.2) is 0 Å². The molecular weight excluding hydrogens is 234 g/mol. The molecule has 0 bridgehead atoms. The summed E-state index contributed by atoms with van der Waals surface area (Å²) in [6.45, 7) is 0. The molecule has 1 amide bonds. The highest BCUT2D eigenvalue weighted by Crippen LogP contribution is 2.11. The van der Waals surface area contributed by atoms with Gasteiger partial charge < -0.3 is 15.8 Å². The van der Waals surface area contributed by atoms with E-state index in [-0.39, 0.29) is 11.5 Å². The van der Waals surface area contributed by atoms with Crippen LogP contribution in [-0.2, 0) is 0 Å². The summed E-state index contributed by atoms with van der Waals surface area (Å²) in [7, 11) is 1.52. The Bertz CT molecular complexity index is 556. The number of pyridine rings is 1. The zero-order valence-electron chi connectivity index (χ0n) is 9.62. The lowest BCUT2D eigenvalue weighted by molar-refractivity contribution is 0.102. The molecule has 2 aromatic heterocycles. The van der Waals surface area contributed by atoms with Crippen LogP contribution in [0.1, 0.15) is 10.5 Å². The minimum Gasteiger partial charge on any atom is -0.481 e. The van der Waals surface area contributed by atoms with Gasteiger partial charge in [0.1, 0.15) is 11.5 Å². The first-order valence-electron chi connectivity index (χ1n) is 5.08. The summed E-state index contributed by atoms with van der Waals surface area (Å²) in [6, 6.07) is 3.31. The van der Waals surface area contributed by atoms with E-state index in [1.165, 1.54) is 25.7 Å². The molecule has 2 rings (SSSR count). The molecule has 0 saturated heterocycles. The quantitative estimate of drug-likeness (QED) is 0.825. The largest absolute Gasteiger partial charge is 0.481 e. The van der Waals surface area contributed by atoms with E-state index in [0.29, 0.717) is 11.6 Å². The van der Waals surface area contributed by atoms with E-state index < -0.39 is 5.91 Å². The maximum atomic E-state index is 11.8. The Hall–Kier alpha value is -2.70. The molecule has 0 aliphatic heterocycles. The minimum absolute atomic E-state index is 0.144. The van der Waals surface area contributed by atoms with Gasteiger partial charge in [0.05, 0.1) is 31.4 Å². The predicted octanol–water partition coefficient (Wildman–Crippen LogP) is 0.715. The maximum absolute atomic E-state index is 11.8. The summed E-state index contributed by atoms with van der Waals surface area (Å²) in [4.78, 5) is 23.4. The monoisotopic (exact) mass is 245 g/mol. The van der Waals surface area contributed by atoms with Crippen molar-refractivity contribution >= 4 is 17.4 Å². The Balaban J connectivity index is 2.11. The molecule has 0 fully saturated rings. The number of hydrogen-bond acceptors (Lipinski definition) is 6. The first-order valence-corrected chi connectivity index (χ1v) is 5.08. The average molecular weight is 245 g/mol. The number of carbonyl (C=O) groups excluding carboxylic acids is 1. The normalized spacial score (nSPS) is 9.83. The van der Waals surface area contributed by atoms with Gasteiger partial charge in [0.25, 0.3) is 5.91 Å². The number of anilines is 2. The Labute approximate surface area is 103 Å². The van der Waals surface area contributed by atoms with Crippen molar-refractivity contribution in [3.63, 3.8) is 0 Å². The molecule has 0 aliphatic rings. The minimum atomic E-state index is -0.401. The zero-order valence-corrected chi connectivity index (χ0v) is 9.62. The molecule has 3 N–H and O–H groups in total. The van der Waals surface area contributed by atoms with Crippen LogP contribution >= 0.6 is 0 Å². The van der Waals surface area contributed by atoms with Crippen LogP contribution in [0.5, 0.6) is 5.88 Å². The second-order valence-electron chi connectivity index (χ2n) is 3.37. The predicted molar refractivity (Wildman–Crippen MR) is 65.2 cm³/mol. The lowest BCUT2D eigenvalue weighted by Crippen LogP contribution is -2.14. The van der Waals surface area contributed by atoms with Gasteiger partial charge in [-0.1, -0.05) is 0 Å². The summed E-state index contributed by atoms with van der Waals surface area (Å²) in [5.74, 6) is 0.258. The number of hydrogen-bond donors (Lipinski definition) is 2. The van der Waals surface area contributed by atoms with Crippen molar-refractivity contribution in [3.05, 3.63) is 36.4 Å². The first-order chi connectivity index (χ1) is 8.69. The molecular formula is C11H11N5O2. The van der Waals surface area contributed by atoms with E-state index in [1.54, 1.807) is 12.1 Å². The van der Waals surface area contributed by atoms with Crippen molar-refractivity contribution in [1.29, 1.82) is 0 Å². The molecule has 7 nitrogen and oxygen atoms in total. The topological polar surface area (TPSA) is 103 Å². The fourth-order valence-electron chi connectivity index (χ4n) is 1.26. The van der Waals surface area contributed by atoms with Crippen LogP contribution in [0.2, 0.25) is 0 Å². The van der Waals surface area contributed by atoms with Crippen LogP contribution in [0.4, 0.5) is 11.5 Å². The number of rotatable bonds is 3. The molecule has 0 saturated carbocycles. The molecule has 0 aliphatic carbocycles. The van der Waals surface area contributed by atoms with Gasteiger partial charge in [-0.15, -0.1) is 0 Å². The van der Waals surface area contributed by atoms with Crippen LogP contribution in [0.3, 0.4) is 0 Å². The van der Waals surface area contributed by atoms with Gasteiger partial charge in [-0.05, 0) is 6.07 Å². The number of amides is 1. The van der Waals surface area contributed by atoms with Crippen LogP contribution in [0.15, 0.2) is 30.7 Å². The standard InChI is InChI=1S/C11H11N5O2/c1-18-10-3-2-7(4-14-10)15-11(17)8-5-13-6-9(12)16-8/h2-6H,1H3,(H2,12,16)(H,15,17).